The van der Waals surface area contributed by atoms with Crippen LogP contribution in [0.4, 0.5) is 4.79 Å². The number of amides is 4. The number of fused-ring (bicyclic) bond motifs is 1. The van der Waals surface area contributed by atoms with Crippen molar-refractivity contribution < 1.29 is 33.8 Å². The normalized spacial score (nSPS) is 20.0. The number of piperidine rings is 1. The van der Waals surface area contributed by atoms with Crippen LogP contribution in [0.5, 0.6) is 0 Å². The largest absolute Gasteiger partial charge is 0.444 e. The highest BCUT2D eigenvalue weighted by Gasteiger charge is 2.45. The van der Waals surface area contributed by atoms with E-state index in [1.165, 1.54) is 0 Å². The molecule has 3 N–H and O–H groups in total. The number of alkyl carbamates (subject to hydrolysis) is 1. The van der Waals surface area contributed by atoms with Gasteiger partial charge in [0.05, 0.1) is 6.61 Å². The SMILES string of the molecule is CC(C)(C)OC(=O)NCCOCC#Cc1cccc2c1C(O)N(C1CCC(=O)NC1=O)C2=O. The number of aliphatic hydroxyl groups is 1. The van der Waals surface area contributed by atoms with E-state index in [1.54, 1.807) is 39.0 Å². The molecule has 0 radical (unpaired) electrons. The summed E-state index contributed by atoms with van der Waals surface area (Å²) in [7, 11) is 0. The predicted octanol–water partition coefficient (Wildman–Crippen LogP) is 0.831. The van der Waals surface area contributed by atoms with Crippen LogP contribution in [0, 0.1) is 11.8 Å². The molecule has 0 aromatic heterocycles. The monoisotopic (exact) mass is 457 g/mol. The van der Waals surface area contributed by atoms with E-state index < -0.39 is 41.7 Å². The van der Waals surface area contributed by atoms with Gasteiger partial charge in [-0.05, 0) is 39.3 Å². The minimum absolute atomic E-state index is 0.0700. The number of ether oxygens (including phenoxy) is 2. The van der Waals surface area contributed by atoms with E-state index in [4.69, 9.17) is 9.47 Å². The minimum Gasteiger partial charge on any atom is -0.444 e. The summed E-state index contributed by atoms with van der Waals surface area (Å²) in [6, 6.07) is 3.95. The highest BCUT2D eigenvalue weighted by atomic mass is 16.6. The molecule has 0 aliphatic carbocycles. The molecule has 0 saturated carbocycles. The molecule has 2 aliphatic rings. The maximum atomic E-state index is 12.9. The smallest absolute Gasteiger partial charge is 0.407 e. The van der Waals surface area contributed by atoms with Gasteiger partial charge in [0.1, 0.15) is 18.2 Å². The quantitative estimate of drug-likeness (QED) is 0.339. The molecule has 3 rings (SSSR count). The van der Waals surface area contributed by atoms with E-state index in [0.717, 1.165) is 4.90 Å². The maximum Gasteiger partial charge on any atom is 0.407 e. The van der Waals surface area contributed by atoms with Gasteiger partial charge >= 0.3 is 6.09 Å². The first-order valence-electron chi connectivity index (χ1n) is 10.6. The first kappa shape index (κ1) is 24.2. The molecule has 2 unspecified atom stereocenters. The molecular formula is C23H27N3O7. The van der Waals surface area contributed by atoms with Crippen LogP contribution in [0.25, 0.3) is 0 Å². The van der Waals surface area contributed by atoms with Crippen molar-refractivity contribution in [1.29, 1.82) is 0 Å². The molecule has 2 atom stereocenters. The summed E-state index contributed by atoms with van der Waals surface area (Å²) in [6.07, 6.45) is -1.64. The molecule has 0 spiro atoms. The Balaban J connectivity index is 1.58. The predicted molar refractivity (Wildman–Crippen MR) is 116 cm³/mol. The average Bonchev–Trinajstić information content (AvgIpc) is 2.97. The van der Waals surface area contributed by atoms with Gasteiger partial charge in [0.25, 0.3) is 5.91 Å². The fraction of sp³-hybridized carbons (Fsp3) is 0.478. The lowest BCUT2D eigenvalue weighted by molar-refractivity contribution is -0.139. The van der Waals surface area contributed by atoms with Gasteiger partial charge < -0.3 is 19.9 Å². The van der Waals surface area contributed by atoms with Gasteiger partial charge in [0.2, 0.25) is 11.8 Å². The first-order valence-corrected chi connectivity index (χ1v) is 10.6. The van der Waals surface area contributed by atoms with E-state index in [0.29, 0.717) is 11.1 Å². The van der Waals surface area contributed by atoms with Gasteiger partial charge in [0, 0.05) is 29.7 Å². The van der Waals surface area contributed by atoms with Crippen LogP contribution in [-0.4, -0.2) is 65.2 Å². The van der Waals surface area contributed by atoms with E-state index in [2.05, 4.69) is 22.5 Å². The molecule has 176 valence electrons. The Labute approximate surface area is 191 Å². The van der Waals surface area contributed by atoms with E-state index in [9.17, 15) is 24.3 Å². The van der Waals surface area contributed by atoms with Crippen LogP contribution in [0.3, 0.4) is 0 Å². The van der Waals surface area contributed by atoms with Crippen molar-refractivity contribution in [2.45, 2.75) is 51.5 Å². The van der Waals surface area contributed by atoms with Gasteiger partial charge in [-0.2, -0.15) is 0 Å². The molecule has 1 fully saturated rings. The second-order valence-corrected chi connectivity index (χ2v) is 8.60. The molecule has 1 saturated heterocycles. The number of imide groups is 1. The third kappa shape index (κ3) is 5.88. The first-order chi connectivity index (χ1) is 15.6. The van der Waals surface area contributed by atoms with Crippen molar-refractivity contribution in [3.63, 3.8) is 0 Å². The maximum absolute atomic E-state index is 12.9. The number of hydrogen-bond donors (Lipinski definition) is 3. The number of nitrogens with zero attached hydrogens (tertiary/aromatic N) is 1. The highest BCUT2D eigenvalue weighted by Crippen LogP contribution is 2.36. The number of benzene rings is 1. The van der Waals surface area contributed by atoms with Crippen LogP contribution in [0.15, 0.2) is 18.2 Å². The third-order valence-electron chi connectivity index (χ3n) is 4.95. The zero-order chi connectivity index (χ0) is 24.2. The fourth-order valence-corrected chi connectivity index (χ4v) is 3.58. The van der Waals surface area contributed by atoms with Crippen molar-refractivity contribution >= 4 is 23.8 Å². The van der Waals surface area contributed by atoms with Crippen molar-refractivity contribution in [3.8, 4) is 11.8 Å². The zero-order valence-electron chi connectivity index (χ0n) is 18.8. The lowest BCUT2D eigenvalue weighted by atomic mass is 10.0. The summed E-state index contributed by atoms with van der Waals surface area (Å²) in [6.45, 7) is 5.87. The van der Waals surface area contributed by atoms with Gasteiger partial charge in [-0.3, -0.25) is 24.6 Å². The molecule has 10 nitrogen and oxygen atoms in total. The lowest BCUT2D eigenvalue weighted by Gasteiger charge is -2.32. The highest BCUT2D eigenvalue weighted by molar-refractivity contribution is 6.06. The van der Waals surface area contributed by atoms with Crippen LogP contribution in [0.1, 0.15) is 61.3 Å². The molecule has 10 heteroatoms. The Morgan fingerprint density at radius 2 is 2.06 bits per heavy atom. The summed E-state index contributed by atoms with van der Waals surface area (Å²) in [5.41, 5.74) is 0.456. The summed E-state index contributed by atoms with van der Waals surface area (Å²) < 4.78 is 10.5. The summed E-state index contributed by atoms with van der Waals surface area (Å²) >= 11 is 0. The van der Waals surface area contributed by atoms with Gasteiger partial charge in [-0.25, -0.2) is 4.79 Å². The third-order valence-corrected chi connectivity index (χ3v) is 4.95. The number of aliphatic hydroxyl groups excluding tert-OH is 1. The Bertz CT molecular complexity index is 1020. The molecule has 33 heavy (non-hydrogen) atoms. The fourth-order valence-electron chi connectivity index (χ4n) is 3.58. The Hall–Kier alpha value is -3.42. The number of hydrogen-bond acceptors (Lipinski definition) is 7. The molecule has 1 aromatic rings. The van der Waals surface area contributed by atoms with Gasteiger partial charge in [0.15, 0.2) is 6.23 Å². The molecular weight excluding hydrogens is 430 g/mol. The number of carbonyl (C=O) groups is 4. The second-order valence-electron chi connectivity index (χ2n) is 8.60. The summed E-state index contributed by atoms with van der Waals surface area (Å²) in [4.78, 5) is 49.1. The van der Waals surface area contributed by atoms with Crippen molar-refractivity contribution in [3.05, 3.63) is 34.9 Å². The molecule has 0 bridgehead atoms. The van der Waals surface area contributed by atoms with Crippen LogP contribution < -0.4 is 10.6 Å². The van der Waals surface area contributed by atoms with Crippen LogP contribution in [-0.2, 0) is 19.1 Å². The second kappa shape index (κ2) is 10.0. The van der Waals surface area contributed by atoms with Crippen molar-refractivity contribution in [2.75, 3.05) is 19.8 Å². The van der Waals surface area contributed by atoms with Gasteiger partial charge in [-0.15, -0.1) is 0 Å². The summed E-state index contributed by atoms with van der Waals surface area (Å²) in [5, 5.41) is 15.6. The molecule has 4 amide bonds. The van der Waals surface area contributed by atoms with Gasteiger partial charge in [-0.1, -0.05) is 17.9 Å². The van der Waals surface area contributed by atoms with E-state index in [1.807, 2.05) is 0 Å². The molecule has 1 aromatic carbocycles. The molecule has 2 heterocycles. The van der Waals surface area contributed by atoms with E-state index in [-0.39, 0.29) is 38.2 Å². The Morgan fingerprint density at radius 3 is 2.76 bits per heavy atom. The summed E-state index contributed by atoms with van der Waals surface area (Å²) in [5.74, 6) is 4.22. The Morgan fingerprint density at radius 1 is 1.30 bits per heavy atom. The number of rotatable bonds is 5. The lowest BCUT2D eigenvalue weighted by Crippen LogP contribution is -2.53. The Kier molecular flexibility index (Phi) is 7.36. The standard InChI is InChI=1S/C23H27N3O7/c1-23(2,3)33-22(31)24-11-13-32-12-5-7-14-6-4-8-15-18(14)21(30)26(20(15)29)16-9-10-17(27)25-19(16)28/h4,6,8,16,21,30H,9-13H2,1-3H3,(H,24,31)(H,25,27,28). The van der Waals surface area contributed by atoms with Crippen LogP contribution in [0.2, 0.25) is 0 Å². The minimum atomic E-state index is -1.35. The van der Waals surface area contributed by atoms with Crippen molar-refractivity contribution in [2.24, 2.45) is 0 Å². The molecule has 2 aliphatic heterocycles. The zero-order valence-corrected chi connectivity index (χ0v) is 18.8. The average molecular weight is 457 g/mol. The van der Waals surface area contributed by atoms with Crippen LogP contribution >= 0.6 is 0 Å². The van der Waals surface area contributed by atoms with Crippen molar-refractivity contribution in [1.82, 2.24) is 15.5 Å². The topological polar surface area (TPSA) is 134 Å². The van der Waals surface area contributed by atoms with E-state index >= 15 is 0 Å². The number of carbonyl (C=O) groups excluding carboxylic acids is 4. The number of nitrogens with one attached hydrogen (secondary N) is 2.